The van der Waals surface area contributed by atoms with Gasteiger partial charge in [0, 0.05) is 6.08 Å². The molecule has 0 amide bonds. The lowest BCUT2D eigenvalue weighted by Crippen LogP contribution is -2.05. The summed E-state index contributed by atoms with van der Waals surface area (Å²) in [5.41, 5.74) is 0.753. The molecule has 0 aliphatic carbocycles. The Morgan fingerprint density at radius 3 is 2.60 bits per heavy atom. The molecule has 0 heterocycles. The van der Waals surface area contributed by atoms with E-state index in [0.717, 1.165) is 6.08 Å². The fourth-order valence-corrected chi connectivity index (χ4v) is 1.94. The average Bonchev–Trinajstić information content (AvgIpc) is 2.60. The molecule has 7 heteroatoms. The van der Waals surface area contributed by atoms with E-state index >= 15 is 0 Å². The molecule has 0 unspecified atom stereocenters. The first-order valence-electron chi connectivity index (χ1n) is 7.05. The number of esters is 1. The summed E-state index contributed by atoms with van der Waals surface area (Å²) in [6.07, 6.45) is 2.57. The molecule has 2 rings (SSSR count). The summed E-state index contributed by atoms with van der Waals surface area (Å²) >= 11 is 0. The Kier molecular flexibility index (Phi) is 6.07. The predicted molar refractivity (Wildman–Crippen MR) is 85.5 cm³/mol. The Morgan fingerprint density at radius 1 is 1.16 bits per heavy atom. The van der Waals surface area contributed by atoms with E-state index < -0.39 is 12.6 Å². The molecule has 0 spiro atoms. The second-order valence-electron chi connectivity index (χ2n) is 4.65. The van der Waals surface area contributed by atoms with E-state index in [4.69, 9.17) is 14.7 Å². The van der Waals surface area contributed by atoms with E-state index in [1.54, 1.807) is 12.1 Å². The number of para-hydroxylation sites is 1. The smallest absolute Gasteiger partial charge is 0.387 e. The standard InChI is InChI=1S/C18H13F2NO4/c1-23-16-10-12(6-8-15(16)25-18(19)20)7-9-17(22)24-14-5-3-2-4-13(14)11-21/h2-10,18H,1H3/b9-7+. The number of hydrogen-bond acceptors (Lipinski definition) is 5. The molecule has 25 heavy (non-hydrogen) atoms. The minimum atomic E-state index is -2.97. The van der Waals surface area contributed by atoms with Crippen LogP contribution in [0, 0.1) is 11.3 Å². The Bertz CT molecular complexity index is 828. The summed E-state index contributed by atoms with van der Waals surface area (Å²) in [5.74, 6) is -0.543. The number of rotatable bonds is 6. The lowest BCUT2D eigenvalue weighted by atomic mass is 10.2. The number of carbonyl (C=O) groups is 1. The Labute approximate surface area is 142 Å². The molecule has 0 saturated carbocycles. The second-order valence-corrected chi connectivity index (χ2v) is 4.65. The molecule has 2 aromatic carbocycles. The van der Waals surface area contributed by atoms with E-state index in [9.17, 15) is 13.6 Å². The molecule has 0 aromatic heterocycles. The van der Waals surface area contributed by atoms with Gasteiger partial charge in [0.05, 0.1) is 12.7 Å². The van der Waals surface area contributed by atoms with Crippen molar-refractivity contribution in [2.75, 3.05) is 7.11 Å². The van der Waals surface area contributed by atoms with E-state index in [0.29, 0.717) is 5.56 Å². The molecular formula is C18H13F2NO4. The number of nitrogens with zero attached hydrogens (tertiary/aromatic N) is 1. The van der Waals surface area contributed by atoms with Gasteiger partial charge in [0.2, 0.25) is 0 Å². The maximum Gasteiger partial charge on any atom is 0.387 e. The van der Waals surface area contributed by atoms with Crippen molar-refractivity contribution in [3.8, 4) is 23.3 Å². The molecule has 0 saturated heterocycles. The lowest BCUT2D eigenvalue weighted by Gasteiger charge is -2.10. The van der Waals surface area contributed by atoms with Crippen molar-refractivity contribution in [3.05, 3.63) is 59.7 Å². The quantitative estimate of drug-likeness (QED) is 0.453. The molecule has 128 valence electrons. The van der Waals surface area contributed by atoms with Crippen LogP contribution < -0.4 is 14.2 Å². The number of hydrogen-bond donors (Lipinski definition) is 0. The maximum absolute atomic E-state index is 12.3. The van der Waals surface area contributed by atoms with Crippen LogP contribution in [0.25, 0.3) is 6.08 Å². The van der Waals surface area contributed by atoms with Gasteiger partial charge in [-0.15, -0.1) is 0 Å². The van der Waals surface area contributed by atoms with Crippen LogP contribution >= 0.6 is 0 Å². The van der Waals surface area contributed by atoms with E-state index in [1.807, 2.05) is 6.07 Å². The van der Waals surface area contributed by atoms with Gasteiger partial charge in [0.1, 0.15) is 11.8 Å². The number of alkyl halides is 2. The molecule has 0 fully saturated rings. The Balaban J connectivity index is 2.10. The van der Waals surface area contributed by atoms with Gasteiger partial charge in [-0.3, -0.25) is 0 Å². The van der Waals surface area contributed by atoms with Crippen LogP contribution in [0.15, 0.2) is 48.5 Å². The van der Waals surface area contributed by atoms with Crippen LogP contribution in [0.5, 0.6) is 17.2 Å². The highest BCUT2D eigenvalue weighted by Gasteiger charge is 2.11. The fraction of sp³-hybridized carbons (Fsp3) is 0.111. The molecule has 0 bridgehead atoms. The van der Waals surface area contributed by atoms with Crippen molar-refractivity contribution >= 4 is 12.0 Å². The monoisotopic (exact) mass is 345 g/mol. The predicted octanol–water partition coefficient (Wildman–Crippen LogP) is 3.79. The summed E-state index contributed by atoms with van der Waals surface area (Å²) in [6.45, 7) is -2.97. The average molecular weight is 345 g/mol. The number of halogens is 2. The van der Waals surface area contributed by atoms with Crippen molar-refractivity contribution in [3.63, 3.8) is 0 Å². The third-order valence-electron chi connectivity index (χ3n) is 3.03. The molecule has 0 atom stereocenters. The third-order valence-corrected chi connectivity index (χ3v) is 3.03. The molecule has 0 N–H and O–H groups in total. The third kappa shape index (κ3) is 5.04. The first kappa shape index (κ1) is 17.9. The zero-order valence-electron chi connectivity index (χ0n) is 13.1. The normalized spacial score (nSPS) is 10.5. The van der Waals surface area contributed by atoms with E-state index in [2.05, 4.69) is 4.74 Å². The summed E-state index contributed by atoms with van der Waals surface area (Å²) in [6, 6.07) is 12.5. The Hall–Kier alpha value is -3.40. The van der Waals surface area contributed by atoms with E-state index in [1.165, 1.54) is 43.5 Å². The van der Waals surface area contributed by atoms with Gasteiger partial charge in [-0.05, 0) is 35.9 Å². The molecule has 0 aliphatic rings. The topological polar surface area (TPSA) is 68.5 Å². The van der Waals surface area contributed by atoms with Crippen molar-refractivity contribution in [1.82, 2.24) is 0 Å². The first-order valence-corrected chi connectivity index (χ1v) is 7.05. The molecule has 2 aromatic rings. The first-order chi connectivity index (χ1) is 12.0. The molecule has 0 aliphatic heterocycles. The maximum atomic E-state index is 12.3. The zero-order chi connectivity index (χ0) is 18.2. The summed E-state index contributed by atoms with van der Waals surface area (Å²) in [5, 5.41) is 8.95. The van der Waals surface area contributed by atoms with Crippen LogP contribution in [0.4, 0.5) is 8.78 Å². The zero-order valence-corrected chi connectivity index (χ0v) is 13.1. The molecular weight excluding hydrogens is 332 g/mol. The van der Waals surface area contributed by atoms with Crippen LogP contribution in [-0.4, -0.2) is 19.7 Å². The SMILES string of the molecule is COc1cc(/C=C/C(=O)Oc2ccccc2C#N)ccc1OC(F)F. The Morgan fingerprint density at radius 2 is 1.92 bits per heavy atom. The molecule has 0 radical (unpaired) electrons. The van der Waals surface area contributed by atoms with Gasteiger partial charge in [-0.1, -0.05) is 18.2 Å². The fourth-order valence-electron chi connectivity index (χ4n) is 1.94. The highest BCUT2D eigenvalue weighted by atomic mass is 19.3. The van der Waals surface area contributed by atoms with Gasteiger partial charge in [-0.2, -0.15) is 14.0 Å². The van der Waals surface area contributed by atoms with Gasteiger partial charge < -0.3 is 14.2 Å². The minimum absolute atomic E-state index is 0.102. The minimum Gasteiger partial charge on any atom is -0.493 e. The van der Waals surface area contributed by atoms with Crippen LogP contribution in [0.2, 0.25) is 0 Å². The van der Waals surface area contributed by atoms with Gasteiger partial charge in [0.15, 0.2) is 11.5 Å². The highest BCUT2D eigenvalue weighted by molar-refractivity contribution is 5.89. The van der Waals surface area contributed by atoms with Gasteiger partial charge in [-0.25, -0.2) is 4.79 Å². The van der Waals surface area contributed by atoms with E-state index in [-0.39, 0.29) is 22.8 Å². The van der Waals surface area contributed by atoms with Gasteiger partial charge >= 0.3 is 12.6 Å². The van der Waals surface area contributed by atoms with Gasteiger partial charge in [0.25, 0.3) is 0 Å². The van der Waals surface area contributed by atoms with Crippen molar-refractivity contribution in [2.45, 2.75) is 6.61 Å². The van der Waals surface area contributed by atoms with Crippen molar-refractivity contribution in [1.29, 1.82) is 5.26 Å². The summed E-state index contributed by atoms with van der Waals surface area (Å²) in [7, 11) is 1.31. The number of nitriles is 1. The number of benzene rings is 2. The number of ether oxygens (including phenoxy) is 3. The number of methoxy groups -OCH3 is 1. The van der Waals surface area contributed by atoms with Crippen LogP contribution in [-0.2, 0) is 4.79 Å². The number of carbonyl (C=O) groups excluding carboxylic acids is 1. The highest BCUT2D eigenvalue weighted by Crippen LogP contribution is 2.29. The van der Waals surface area contributed by atoms with Crippen LogP contribution in [0.3, 0.4) is 0 Å². The largest absolute Gasteiger partial charge is 0.493 e. The lowest BCUT2D eigenvalue weighted by molar-refractivity contribution is -0.128. The van der Waals surface area contributed by atoms with Crippen molar-refractivity contribution < 1.29 is 27.8 Å². The second kappa shape index (κ2) is 8.45. The molecule has 5 nitrogen and oxygen atoms in total. The summed E-state index contributed by atoms with van der Waals surface area (Å²) in [4.78, 5) is 11.8. The van der Waals surface area contributed by atoms with Crippen molar-refractivity contribution in [2.24, 2.45) is 0 Å². The summed E-state index contributed by atoms with van der Waals surface area (Å²) < 4.78 is 38.9. The van der Waals surface area contributed by atoms with Crippen LogP contribution in [0.1, 0.15) is 11.1 Å².